The Bertz CT molecular complexity index is 2300. The van der Waals surface area contributed by atoms with Crippen molar-refractivity contribution in [2.75, 3.05) is 0 Å². The number of fused-ring (bicyclic) bond motifs is 4. The van der Waals surface area contributed by atoms with Crippen LogP contribution < -0.4 is 11.2 Å². The molecule has 2 aromatic carbocycles. The van der Waals surface area contributed by atoms with E-state index in [0.29, 0.717) is 52.4 Å². The van der Waals surface area contributed by atoms with Gasteiger partial charge in [0, 0.05) is 36.5 Å². The maximum absolute atomic E-state index is 16.6. The summed E-state index contributed by atoms with van der Waals surface area (Å²) in [6.45, 7) is 7.35. The summed E-state index contributed by atoms with van der Waals surface area (Å²) in [7, 11) is 1.38. The van der Waals surface area contributed by atoms with Gasteiger partial charge in [0.2, 0.25) is 0 Å². The Hall–Kier alpha value is -4.93. The molecule has 0 fully saturated rings. The summed E-state index contributed by atoms with van der Waals surface area (Å²) in [6.07, 6.45) is 1.30. The molecule has 11 heteroatoms. The Morgan fingerprint density at radius 1 is 0.911 bits per heavy atom. The van der Waals surface area contributed by atoms with Crippen LogP contribution in [-0.2, 0) is 13.5 Å². The van der Waals surface area contributed by atoms with Crippen LogP contribution in [0.15, 0.2) is 75.0 Å². The van der Waals surface area contributed by atoms with Gasteiger partial charge in [0.05, 0.1) is 16.6 Å². The second-order valence-electron chi connectivity index (χ2n) is 11.9. The number of para-hydroxylation sites is 2. The van der Waals surface area contributed by atoms with E-state index in [4.69, 9.17) is 0 Å². The monoisotopic (exact) mass is 606 g/mol. The minimum Gasteiger partial charge on any atom is -0.393 e. The first kappa shape index (κ1) is 28.8. The molecule has 0 spiro atoms. The average molecular weight is 606 g/mol. The molecule has 0 bridgehead atoms. The van der Waals surface area contributed by atoms with E-state index in [1.165, 1.54) is 16.0 Å². The van der Waals surface area contributed by atoms with E-state index in [1.807, 2.05) is 70.2 Å². The third kappa shape index (κ3) is 3.73. The van der Waals surface area contributed by atoms with Crippen LogP contribution in [0, 0.1) is 13.8 Å². The van der Waals surface area contributed by atoms with Crippen LogP contribution in [0.1, 0.15) is 62.2 Å². The fourth-order valence-electron chi connectivity index (χ4n) is 7.59. The molecule has 1 aromatic heterocycles. The van der Waals surface area contributed by atoms with Gasteiger partial charge >= 0.3 is 12.7 Å². The van der Waals surface area contributed by atoms with Gasteiger partial charge < -0.3 is 17.6 Å². The first-order chi connectivity index (χ1) is 21.4. The van der Waals surface area contributed by atoms with Gasteiger partial charge in [-0.1, -0.05) is 38.1 Å². The van der Waals surface area contributed by atoms with E-state index in [-0.39, 0.29) is 11.5 Å². The molecule has 0 aliphatic carbocycles. The second kappa shape index (κ2) is 9.79. The lowest BCUT2D eigenvalue weighted by atomic mass is 9.83. The molecule has 0 saturated carbocycles. The van der Waals surface area contributed by atoms with Crippen LogP contribution >= 0.6 is 0 Å². The fraction of sp³-hybridized carbons (Fsp3) is 0.265. The first-order valence-electron chi connectivity index (χ1n) is 15.2. The number of hydrogen-bond donors (Lipinski definition) is 0. The zero-order chi connectivity index (χ0) is 32.1. The highest BCUT2D eigenvalue weighted by Gasteiger charge is 2.56. The highest BCUT2D eigenvalue weighted by molar-refractivity contribution is 6.58. The van der Waals surface area contributed by atoms with Crippen LogP contribution in [0.3, 0.4) is 0 Å². The fourth-order valence-corrected chi connectivity index (χ4v) is 7.59. The molecule has 228 valence electrons. The lowest BCUT2D eigenvalue weighted by molar-refractivity contribution is -0.363. The van der Waals surface area contributed by atoms with Gasteiger partial charge in [-0.2, -0.15) is 4.98 Å². The zero-order valence-electron chi connectivity index (χ0n) is 26.4. The molecule has 0 N–H and O–H groups in total. The van der Waals surface area contributed by atoms with Crippen LogP contribution in [0.5, 0.6) is 0 Å². The van der Waals surface area contributed by atoms with Crippen LogP contribution in [0.4, 0.5) is 8.63 Å². The maximum atomic E-state index is 16.6. The molecule has 3 aromatic rings. The number of aromatic nitrogens is 5. The van der Waals surface area contributed by atoms with Gasteiger partial charge in [-0.25, -0.2) is 9.78 Å². The van der Waals surface area contributed by atoms with E-state index < -0.39 is 18.2 Å². The Morgan fingerprint density at radius 2 is 1.60 bits per heavy atom. The van der Waals surface area contributed by atoms with Crippen molar-refractivity contribution < 1.29 is 13.1 Å². The molecule has 4 aliphatic heterocycles. The molecule has 8 nitrogen and oxygen atoms in total. The summed E-state index contributed by atoms with van der Waals surface area (Å²) in [5, 5.41) is 0. The molecule has 5 heterocycles. The lowest BCUT2D eigenvalue weighted by Crippen LogP contribution is -2.51. The van der Waals surface area contributed by atoms with Crippen molar-refractivity contribution in [3.63, 3.8) is 0 Å². The zero-order valence-corrected chi connectivity index (χ0v) is 26.4. The minimum atomic E-state index is -4.13. The number of hydrogen-bond acceptors (Lipinski definition) is 4. The van der Waals surface area contributed by atoms with Crippen LogP contribution in [0.2, 0.25) is 0 Å². The van der Waals surface area contributed by atoms with E-state index in [9.17, 15) is 9.59 Å². The number of nitrogens with zero attached hydrogens (tertiary/aromatic N) is 6. The van der Waals surface area contributed by atoms with Crippen molar-refractivity contribution in [1.82, 2.24) is 23.6 Å². The molecule has 7 rings (SSSR count). The van der Waals surface area contributed by atoms with E-state index in [1.54, 1.807) is 24.5 Å². The Kier molecular flexibility index (Phi) is 6.27. The third-order valence-corrected chi connectivity index (χ3v) is 9.68. The van der Waals surface area contributed by atoms with Crippen molar-refractivity contribution in [3.8, 4) is 17.2 Å². The van der Waals surface area contributed by atoms with Crippen molar-refractivity contribution in [3.05, 3.63) is 114 Å². The topological polar surface area (TPSA) is 77.7 Å². The molecular formula is C34H33BF2N6O2. The predicted molar refractivity (Wildman–Crippen MR) is 174 cm³/mol. The minimum absolute atomic E-state index is 0.0815. The largest absolute Gasteiger partial charge is 0.737 e. The van der Waals surface area contributed by atoms with Crippen molar-refractivity contribution in [2.24, 2.45) is 7.05 Å². The van der Waals surface area contributed by atoms with Gasteiger partial charge in [0.1, 0.15) is 5.71 Å². The number of halogens is 2. The smallest absolute Gasteiger partial charge is 0.393 e. The van der Waals surface area contributed by atoms with Gasteiger partial charge in [-0.05, 0) is 80.3 Å². The first-order valence-corrected chi connectivity index (χ1v) is 15.2. The van der Waals surface area contributed by atoms with Crippen molar-refractivity contribution in [1.29, 1.82) is 0 Å². The summed E-state index contributed by atoms with van der Waals surface area (Å²) in [5.41, 5.74) is 8.20. The average Bonchev–Trinajstić information content (AvgIpc) is 3.44. The summed E-state index contributed by atoms with van der Waals surface area (Å²) in [4.78, 5) is 34.5. The van der Waals surface area contributed by atoms with Crippen LogP contribution in [-0.4, -0.2) is 40.7 Å². The highest BCUT2D eigenvalue weighted by Crippen LogP contribution is 2.47. The Morgan fingerprint density at radius 3 is 2.27 bits per heavy atom. The van der Waals surface area contributed by atoms with Gasteiger partial charge in [-0.15, -0.1) is 0 Å². The summed E-state index contributed by atoms with van der Waals surface area (Å²) in [6, 6.07) is 14.9. The molecule has 0 radical (unpaired) electrons. The van der Waals surface area contributed by atoms with Gasteiger partial charge in [-0.3, -0.25) is 13.9 Å². The van der Waals surface area contributed by atoms with E-state index in [0.717, 1.165) is 38.0 Å². The molecule has 0 unspecified atom stereocenters. The highest BCUT2D eigenvalue weighted by atomic mass is 19.2. The molecule has 0 amide bonds. The maximum Gasteiger partial charge on any atom is 0.737 e. The second-order valence-corrected chi connectivity index (χ2v) is 11.9. The van der Waals surface area contributed by atoms with E-state index in [2.05, 4.69) is 9.97 Å². The van der Waals surface area contributed by atoms with Gasteiger partial charge in [0.25, 0.3) is 5.56 Å². The van der Waals surface area contributed by atoms with E-state index >= 15 is 8.63 Å². The molecule has 45 heavy (non-hydrogen) atoms. The molecular weight excluding hydrogens is 573 g/mol. The predicted octanol–water partition coefficient (Wildman–Crippen LogP) is 5.77. The van der Waals surface area contributed by atoms with Gasteiger partial charge in [0.15, 0.2) is 17.2 Å². The molecule has 0 atom stereocenters. The number of allylic oxidation sites excluding steroid dienone is 2. The third-order valence-electron chi connectivity index (χ3n) is 9.68. The van der Waals surface area contributed by atoms with Crippen molar-refractivity contribution >= 4 is 29.3 Å². The Labute approximate surface area is 258 Å². The SMILES string of the molecule is CCC1=C(C)C2=C(c3ccc(-n4c5nc(=O)n(C)c(=O)c-5nc5ccccc54)cc3)c3c(C)c(CC)c(C)n3[B-](F)(F)[N+]2=C1C. The molecule has 0 saturated heterocycles. The standard InChI is InChI=1S/C34H33BF2N6O2/c1-8-24-18(3)30-28(31-19(4)25(9-2)21(6)43(31)35(36,37)42(30)20(24)5)22-14-16-23(17-15-22)41-27-13-11-10-12-26(27)38-29-32(41)39-34(45)40(7)33(29)44/h10-17H,8-9H2,1-7H3. The lowest BCUT2D eigenvalue weighted by Gasteiger charge is -2.34. The summed E-state index contributed by atoms with van der Waals surface area (Å²) in [5.74, 6) is 0.156. The quantitative estimate of drug-likeness (QED) is 0.192. The number of rotatable bonds is 4. The molecule has 4 aliphatic rings. The normalized spacial score (nSPS) is 15.9. The van der Waals surface area contributed by atoms with Crippen molar-refractivity contribution in [2.45, 2.75) is 54.4 Å². The van der Waals surface area contributed by atoms with Crippen LogP contribution in [0.25, 0.3) is 33.8 Å². The summed E-state index contributed by atoms with van der Waals surface area (Å²) < 4.78 is 38.5. The summed E-state index contributed by atoms with van der Waals surface area (Å²) >= 11 is 0. The Balaban J connectivity index is 1.53. The number of benzene rings is 2.